The summed E-state index contributed by atoms with van der Waals surface area (Å²) in [5, 5.41) is 0. The van der Waals surface area contributed by atoms with Gasteiger partial charge in [0.15, 0.2) is 0 Å². The summed E-state index contributed by atoms with van der Waals surface area (Å²) < 4.78 is 39.6. The maximum atomic E-state index is 11.3. The summed E-state index contributed by atoms with van der Waals surface area (Å²) in [5.74, 6) is 1.69. The van der Waals surface area contributed by atoms with Crippen LogP contribution in [0.5, 0.6) is 11.5 Å². The fourth-order valence-electron chi connectivity index (χ4n) is 2.60. The van der Waals surface area contributed by atoms with Crippen molar-refractivity contribution < 1.29 is 17.7 Å². The van der Waals surface area contributed by atoms with Crippen molar-refractivity contribution in [2.75, 3.05) is 0 Å². The zero-order valence-corrected chi connectivity index (χ0v) is 14.6. The van der Waals surface area contributed by atoms with Gasteiger partial charge in [-0.15, -0.1) is 0 Å². The van der Waals surface area contributed by atoms with E-state index >= 15 is 0 Å². The molecule has 2 rings (SSSR count). The van der Waals surface area contributed by atoms with Crippen molar-refractivity contribution in [2.45, 2.75) is 44.9 Å². The van der Waals surface area contributed by atoms with Crippen LogP contribution >= 0.6 is 0 Å². The fourth-order valence-corrected chi connectivity index (χ4v) is 3.51. The van der Waals surface area contributed by atoms with Crippen LogP contribution in [-0.2, 0) is 10.1 Å². The maximum absolute atomic E-state index is 11.3. The molecule has 0 N–H and O–H groups in total. The molecule has 124 valence electrons. The van der Waals surface area contributed by atoms with Crippen molar-refractivity contribution in [3.8, 4) is 11.5 Å². The van der Waals surface area contributed by atoms with Gasteiger partial charge >= 0.3 is 0 Å². The smallest absolute Gasteiger partial charge is 0.128 e. The van der Waals surface area contributed by atoms with Gasteiger partial charge < -0.3 is 9.29 Å². The highest BCUT2D eigenvalue weighted by atomic mass is 32.2. The van der Waals surface area contributed by atoms with Gasteiger partial charge in [0.25, 0.3) is 0 Å². The van der Waals surface area contributed by atoms with Crippen LogP contribution in [0.2, 0.25) is 0 Å². The fraction of sp³-hybridized carbons (Fsp3) is 0.333. The maximum Gasteiger partial charge on any atom is 0.128 e. The van der Waals surface area contributed by atoms with Crippen LogP contribution in [0.3, 0.4) is 0 Å². The Morgan fingerprint density at radius 1 is 1.04 bits per heavy atom. The third-order valence-electron chi connectivity index (χ3n) is 3.98. The van der Waals surface area contributed by atoms with Gasteiger partial charge in [0.2, 0.25) is 0 Å². The molecule has 0 radical (unpaired) electrons. The molecule has 2 aromatic carbocycles. The standard InChI is InChI=1S/C18H22O4S/c1-5-12(2)15-6-8-16(9-7-15)22-17-10-13(3)18(14(4)11-17)23(19,20)21/h6-12H,5H2,1-4H3,(H,19,20,21)/p-1. The molecule has 1 atom stereocenters. The largest absolute Gasteiger partial charge is 0.744 e. The second-order valence-corrected chi connectivity index (χ2v) is 7.14. The van der Waals surface area contributed by atoms with Gasteiger partial charge in [-0.05, 0) is 67.1 Å². The highest BCUT2D eigenvalue weighted by Crippen LogP contribution is 2.30. The zero-order valence-electron chi connectivity index (χ0n) is 13.8. The van der Waals surface area contributed by atoms with E-state index in [4.69, 9.17) is 4.74 Å². The molecule has 0 aliphatic heterocycles. The molecule has 23 heavy (non-hydrogen) atoms. The normalized spacial score (nSPS) is 12.9. The molecule has 0 heterocycles. The lowest BCUT2D eigenvalue weighted by molar-refractivity contribution is 0.460. The topological polar surface area (TPSA) is 66.4 Å². The lowest BCUT2D eigenvalue weighted by Crippen LogP contribution is -2.04. The first kappa shape index (κ1) is 17.5. The molecule has 0 aliphatic carbocycles. The Kier molecular flexibility index (Phi) is 5.12. The Hall–Kier alpha value is -1.85. The Labute approximate surface area is 137 Å². The first-order chi connectivity index (χ1) is 10.7. The highest BCUT2D eigenvalue weighted by molar-refractivity contribution is 7.85. The molecule has 0 aromatic heterocycles. The molecule has 0 fully saturated rings. The van der Waals surface area contributed by atoms with E-state index in [0.717, 1.165) is 6.42 Å². The van der Waals surface area contributed by atoms with Gasteiger partial charge in [-0.2, -0.15) is 0 Å². The van der Waals surface area contributed by atoms with Crippen molar-refractivity contribution in [3.63, 3.8) is 0 Å². The minimum absolute atomic E-state index is 0.169. The number of aryl methyl sites for hydroxylation is 2. The number of hydrogen-bond donors (Lipinski definition) is 0. The predicted octanol–water partition coefficient (Wildman–Crippen LogP) is 4.51. The molecule has 2 aromatic rings. The minimum atomic E-state index is -4.48. The molecule has 0 saturated carbocycles. The highest BCUT2D eigenvalue weighted by Gasteiger charge is 2.12. The van der Waals surface area contributed by atoms with Crippen LogP contribution in [0.15, 0.2) is 41.3 Å². The SMILES string of the molecule is CCC(C)c1ccc(Oc2cc(C)c(S(=O)(=O)[O-])c(C)c2)cc1. The van der Waals surface area contributed by atoms with Gasteiger partial charge in [0.05, 0.1) is 4.90 Å². The van der Waals surface area contributed by atoms with Crippen LogP contribution in [0.4, 0.5) is 0 Å². The molecule has 4 nitrogen and oxygen atoms in total. The average Bonchev–Trinajstić information content (AvgIpc) is 2.45. The molecule has 0 bridgehead atoms. The molecular formula is C18H21O4S-. The Balaban J connectivity index is 2.28. The molecule has 0 amide bonds. The lowest BCUT2D eigenvalue weighted by Gasteiger charge is -2.16. The van der Waals surface area contributed by atoms with Gasteiger partial charge in [0.1, 0.15) is 21.6 Å². The Morgan fingerprint density at radius 3 is 2.00 bits per heavy atom. The average molecular weight is 333 g/mol. The molecule has 5 heteroatoms. The lowest BCUT2D eigenvalue weighted by atomic mass is 9.99. The summed E-state index contributed by atoms with van der Waals surface area (Å²) in [6.45, 7) is 7.50. The molecule has 1 unspecified atom stereocenters. The number of benzene rings is 2. The monoisotopic (exact) mass is 333 g/mol. The van der Waals surface area contributed by atoms with Gasteiger partial charge in [-0.25, -0.2) is 8.42 Å². The van der Waals surface area contributed by atoms with E-state index in [0.29, 0.717) is 28.5 Å². The number of rotatable bonds is 5. The molecule has 0 aliphatic rings. The molecule has 0 spiro atoms. The van der Waals surface area contributed by atoms with Crippen molar-refractivity contribution in [3.05, 3.63) is 53.1 Å². The van der Waals surface area contributed by atoms with E-state index < -0.39 is 10.1 Å². The first-order valence-corrected chi connectivity index (χ1v) is 8.98. The van der Waals surface area contributed by atoms with Gasteiger partial charge in [-0.3, -0.25) is 0 Å². The second kappa shape index (κ2) is 6.72. The van der Waals surface area contributed by atoms with Crippen molar-refractivity contribution >= 4 is 10.1 Å². The molecular weight excluding hydrogens is 312 g/mol. The predicted molar refractivity (Wildman–Crippen MR) is 89.1 cm³/mol. The summed E-state index contributed by atoms with van der Waals surface area (Å²) in [6, 6.07) is 11.0. The van der Waals surface area contributed by atoms with E-state index in [-0.39, 0.29) is 4.90 Å². The first-order valence-electron chi connectivity index (χ1n) is 7.57. The van der Waals surface area contributed by atoms with Crippen molar-refractivity contribution in [2.24, 2.45) is 0 Å². The quantitative estimate of drug-likeness (QED) is 0.755. The van der Waals surface area contributed by atoms with E-state index in [1.54, 1.807) is 26.0 Å². The van der Waals surface area contributed by atoms with Crippen molar-refractivity contribution in [1.29, 1.82) is 0 Å². The zero-order chi connectivity index (χ0) is 17.2. The van der Waals surface area contributed by atoms with Crippen LogP contribution in [0.1, 0.15) is 42.9 Å². The summed E-state index contributed by atoms with van der Waals surface area (Å²) in [5.41, 5.74) is 2.04. The second-order valence-electron chi connectivity index (χ2n) is 5.82. The summed E-state index contributed by atoms with van der Waals surface area (Å²) >= 11 is 0. The number of hydrogen-bond acceptors (Lipinski definition) is 4. The van der Waals surface area contributed by atoms with Crippen LogP contribution in [0.25, 0.3) is 0 Å². The van der Waals surface area contributed by atoms with Crippen molar-refractivity contribution in [1.82, 2.24) is 0 Å². The van der Waals surface area contributed by atoms with E-state index in [2.05, 4.69) is 13.8 Å². The van der Waals surface area contributed by atoms with E-state index in [1.165, 1.54) is 5.56 Å². The summed E-state index contributed by atoms with van der Waals surface area (Å²) in [6.07, 6.45) is 1.07. The number of ether oxygens (including phenoxy) is 1. The Bertz CT molecular complexity index is 769. The van der Waals surface area contributed by atoms with Crippen LogP contribution < -0.4 is 4.74 Å². The van der Waals surface area contributed by atoms with E-state index in [1.807, 2.05) is 24.3 Å². The molecule has 0 saturated heterocycles. The summed E-state index contributed by atoms with van der Waals surface area (Å²) in [7, 11) is -4.48. The van der Waals surface area contributed by atoms with E-state index in [9.17, 15) is 13.0 Å². The van der Waals surface area contributed by atoms with Gasteiger partial charge in [-0.1, -0.05) is 26.0 Å². The third kappa shape index (κ3) is 4.12. The van der Waals surface area contributed by atoms with Crippen LogP contribution in [-0.4, -0.2) is 13.0 Å². The Morgan fingerprint density at radius 2 is 1.57 bits per heavy atom. The third-order valence-corrected chi connectivity index (χ3v) is 5.13. The van der Waals surface area contributed by atoms with Crippen LogP contribution in [0, 0.1) is 13.8 Å². The minimum Gasteiger partial charge on any atom is -0.744 e. The van der Waals surface area contributed by atoms with Gasteiger partial charge in [0, 0.05) is 0 Å². The summed E-state index contributed by atoms with van der Waals surface area (Å²) in [4.78, 5) is -0.169.